The van der Waals surface area contributed by atoms with E-state index in [4.69, 9.17) is 9.47 Å². The number of hydrogen-bond acceptors (Lipinski definition) is 5. The molecule has 6 nitrogen and oxygen atoms in total. The lowest BCUT2D eigenvalue weighted by molar-refractivity contribution is -0.140. The summed E-state index contributed by atoms with van der Waals surface area (Å²) < 4.78 is 11.8. The summed E-state index contributed by atoms with van der Waals surface area (Å²) in [5, 5.41) is 9.53. The van der Waals surface area contributed by atoms with Gasteiger partial charge in [0.15, 0.2) is 11.5 Å². The van der Waals surface area contributed by atoms with E-state index in [1.807, 2.05) is 63.2 Å². The van der Waals surface area contributed by atoms with E-state index in [2.05, 4.69) is 0 Å². The van der Waals surface area contributed by atoms with E-state index < -0.39 is 5.91 Å². The molecule has 34 heavy (non-hydrogen) atoms. The molecule has 0 radical (unpaired) electrons. The molecule has 0 aliphatic carbocycles. The zero-order valence-corrected chi connectivity index (χ0v) is 20.2. The van der Waals surface area contributed by atoms with E-state index in [-0.39, 0.29) is 11.5 Å². The highest BCUT2D eigenvalue weighted by Gasteiger charge is 2.34. The predicted molar refractivity (Wildman–Crippen MR) is 131 cm³/mol. The van der Waals surface area contributed by atoms with Crippen molar-refractivity contribution in [2.75, 3.05) is 13.2 Å². The SMILES string of the molecule is CCCCN1C(=O)C(C#N)=C(C)/C(=C\c2ccc(OCc3ccc(C)cc3)c(OCC)c2)C1=O. The third-order valence-electron chi connectivity index (χ3n) is 5.65. The van der Waals surface area contributed by atoms with E-state index in [9.17, 15) is 14.9 Å². The van der Waals surface area contributed by atoms with Crippen molar-refractivity contribution in [3.8, 4) is 17.6 Å². The molecule has 0 fully saturated rings. The number of ether oxygens (including phenoxy) is 2. The second-order valence-corrected chi connectivity index (χ2v) is 8.20. The Morgan fingerprint density at radius 3 is 2.35 bits per heavy atom. The number of imide groups is 1. The number of rotatable bonds is 9. The van der Waals surface area contributed by atoms with Crippen molar-refractivity contribution in [1.29, 1.82) is 5.26 Å². The lowest BCUT2D eigenvalue weighted by atomic mass is 9.93. The zero-order valence-electron chi connectivity index (χ0n) is 20.2. The van der Waals surface area contributed by atoms with Crippen LogP contribution in [0.3, 0.4) is 0 Å². The molecule has 0 atom stereocenters. The van der Waals surface area contributed by atoms with Gasteiger partial charge in [0.05, 0.1) is 6.61 Å². The first-order chi connectivity index (χ1) is 16.4. The molecule has 0 N–H and O–H groups in total. The van der Waals surface area contributed by atoms with Gasteiger partial charge in [-0.2, -0.15) is 5.26 Å². The fraction of sp³-hybridized carbons (Fsp3) is 0.321. The van der Waals surface area contributed by atoms with Crippen LogP contribution in [0.1, 0.15) is 50.3 Å². The largest absolute Gasteiger partial charge is 0.490 e. The first-order valence-electron chi connectivity index (χ1n) is 11.5. The normalized spacial score (nSPS) is 15.0. The van der Waals surface area contributed by atoms with Crippen molar-refractivity contribution in [2.24, 2.45) is 0 Å². The first-order valence-corrected chi connectivity index (χ1v) is 11.5. The van der Waals surface area contributed by atoms with Crippen molar-refractivity contribution in [1.82, 2.24) is 4.90 Å². The Bertz CT molecular complexity index is 1170. The average molecular weight is 459 g/mol. The van der Waals surface area contributed by atoms with Crippen LogP contribution in [0.5, 0.6) is 11.5 Å². The average Bonchev–Trinajstić information content (AvgIpc) is 2.83. The van der Waals surface area contributed by atoms with Crippen molar-refractivity contribution in [3.63, 3.8) is 0 Å². The van der Waals surface area contributed by atoms with Gasteiger partial charge in [0, 0.05) is 12.1 Å². The summed E-state index contributed by atoms with van der Waals surface area (Å²) in [5.41, 5.74) is 3.69. The van der Waals surface area contributed by atoms with Crippen molar-refractivity contribution >= 4 is 17.9 Å². The lowest BCUT2D eigenvalue weighted by Crippen LogP contribution is -2.43. The van der Waals surface area contributed by atoms with E-state index in [0.717, 1.165) is 17.5 Å². The van der Waals surface area contributed by atoms with Crippen molar-refractivity contribution in [2.45, 2.75) is 47.1 Å². The third-order valence-corrected chi connectivity index (χ3v) is 5.65. The number of amides is 2. The van der Waals surface area contributed by atoms with Crippen LogP contribution in [0.25, 0.3) is 6.08 Å². The summed E-state index contributed by atoms with van der Waals surface area (Å²) in [5.74, 6) is 0.260. The van der Waals surface area contributed by atoms with Gasteiger partial charge in [-0.3, -0.25) is 14.5 Å². The van der Waals surface area contributed by atoms with Gasteiger partial charge in [0.25, 0.3) is 11.8 Å². The molecule has 0 saturated heterocycles. The molecule has 176 valence electrons. The lowest BCUT2D eigenvalue weighted by Gasteiger charge is -2.27. The Hall–Kier alpha value is -3.85. The molecule has 0 bridgehead atoms. The highest BCUT2D eigenvalue weighted by molar-refractivity contribution is 6.19. The van der Waals surface area contributed by atoms with Crippen molar-refractivity contribution < 1.29 is 19.1 Å². The van der Waals surface area contributed by atoms with Gasteiger partial charge < -0.3 is 9.47 Å². The number of hydrogen-bond donors (Lipinski definition) is 0. The molecule has 2 aromatic carbocycles. The number of nitriles is 1. The molecule has 0 saturated carbocycles. The Kier molecular flexibility index (Phi) is 8.26. The predicted octanol–water partition coefficient (Wildman–Crippen LogP) is 5.37. The van der Waals surface area contributed by atoms with Gasteiger partial charge in [-0.15, -0.1) is 0 Å². The van der Waals surface area contributed by atoms with Crippen LogP contribution in [-0.2, 0) is 16.2 Å². The molecule has 6 heteroatoms. The Balaban J connectivity index is 1.92. The number of aryl methyl sites for hydroxylation is 1. The molecule has 3 rings (SSSR count). The van der Waals surface area contributed by atoms with Crippen LogP contribution in [0.15, 0.2) is 59.2 Å². The summed E-state index contributed by atoms with van der Waals surface area (Å²) in [4.78, 5) is 26.9. The summed E-state index contributed by atoms with van der Waals surface area (Å²) in [6.45, 7) is 8.71. The molecule has 1 aliphatic heterocycles. The maximum Gasteiger partial charge on any atom is 0.271 e. The summed E-state index contributed by atoms with van der Waals surface area (Å²) in [6.07, 6.45) is 3.22. The highest BCUT2D eigenvalue weighted by Crippen LogP contribution is 2.32. The Morgan fingerprint density at radius 1 is 0.971 bits per heavy atom. The van der Waals surface area contributed by atoms with Crippen LogP contribution >= 0.6 is 0 Å². The van der Waals surface area contributed by atoms with E-state index in [0.29, 0.717) is 48.8 Å². The van der Waals surface area contributed by atoms with Gasteiger partial charge in [0.1, 0.15) is 18.2 Å². The van der Waals surface area contributed by atoms with Crippen LogP contribution in [0.4, 0.5) is 0 Å². The number of unbranched alkanes of at least 4 members (excludes halogenated alkanes) is 1. The Morgan fingerprint density at radius 2 is 1.71 bits per heavy atom. The first kappa shape index (κ1) is 24.8. The minimum Gasteiger partial charge on any atom is -0.490 e. The zero-order chi connectivity index (χ0) is 24.7. The van der Waals surface area contributed by atoms with E-state index in [1.165, 1.54) is 10.5 Å². The van der Waals surface area contributed by atoms with Gasteiger partial charge in [-0.05, 0) is 62.1 Å². The third kappa shape index (κ3) is 5.55. The monoisotopic (exact) mass is 458 g/mol. The van der Waals surface area contributed by atoms with Crippen LogP contribution in [-0.4, -0.2) is 29.9 Å². The smallest absolute Gasteiger partial charge is 0.271 e. The van der Waals surface area contributed by atoms with Crippen molar-refractivity contribution in [3.05, 3.63) is 75.9 Å². The molecule has 2 amide bonds. The number of carbonyl (C=O) groups excluding carboxylic acids is 2. The quantitative estimate of drug-likeness (QED) is 0.373. The second kappa shape index (κ2) is 11.3. The summed E-state index contributed by atoms with van der Waals surface area (Å²) >= 11 is 0. The molecule has 0 unspecified atom stereocenters. The Labute approximate surface area is 201 Å². The maximum absolute atomic E-state index is 13.1. The molecule has 2 aromatic rings. The highest BCUT2D eigenvalue weighted by atomic mass is 16.5. The second-order valence-electron chi connectivity index (χ2n) is 8.20. The maximum atomic E-state index is 13.1. The fourth-order valence-electron chi connectivity index (χ4n) is 3.66. The number of benzene rings is 2. The molecular weight excluding hydrogens is 428 g/mol. The minimum atomic E-state index is -0.523. The number of carbonyl (C=O) groups is 2. The molecule has 0 spiro atoms. The standard InChI is InChI=1S/C28H30N2O4/c1-5-7-14-30-27(31)23(20(4)24(17-29)28(30)32)15-22-12-13-25(26(16-22)33-6-2)34-18-21-10-8-19(3)9-11-21/h8-13,15-16H,5-7,14,18H2,1-4H3/b23-15+. The fourth-order valence-corrected chi connectivity index (χ4v) is 3.66. The molecular formula is C28H30N2O4. The molecule has 1 aliphatic rings. The van der Waals surface area contributed by atoms with Gasteiger partial charge in [-0.25, -0.2) is 0 Å². The van der Waals surface area contributed by atoms with Gasteiger partial charge in [0.2, 0.25) is 0 Å². The van der Waals surface area contributed by atoms with Gasteiger partial charge in [-0.1, -0.05) is 49.2 Å². The van der Waals surface area contributed by atoms with E-state index >= 15 is 0 Å². The topological polar surface area (TPSA) is 79.6 Å². The summed E-state index contributed by atoms with van der Waals surface area (Å²) in [7, 11) is 0. The van der Waals surface area contributed by atoms with Crippen LogP contribution < -0.4 is 9.47 Å². The molecule has 0 aromatic heterocycles. The van der Waals surface area contributed by atoms with E-state index in [1.54, 1.807) is 19.1 Å². The molecule has 1 heterocycles. The van der Waals surface area contributed by atoms with Gasteiger partial charge >= 0.3 is 0 Å². The minimum absolute atomic E-state index is 0.00466. The van der Waals surface area contributed by atoms with Crippen LogP contribution in [0, 0.1) is 18.3 Å². The van der Waals surface area contributed by atoms with Crippen LogP contribution in [0.2, 0.25) is 0 Å². The summed E-state index contributed by atoms with van der Waals surface area (Å²) in [6, 6.07) is 15.5. The number of nitrogens with zero attached hydrogens (tertiary/aromatic N) is 2.